The van der Waals surface area contributed by atoms with Gasteiger partial charge in [0.25, 0.3) is 19.2 Å². The fourth-order valence-electron chi connectivity index (χ4n) is 10.9. The van der Waals surface area contributed by atoms with Gasteiger partial charge >= 0.3 is 12.2 Å². The van der Waals surface area contributed by atoms with Crippen LogP contribution < -0.4 is 33.0 Å². The van der Waals surface area contributed by atoms with E-state index in [1.54, 1.807) is 95.0 Å². The number of Topliss-reactive ketones (excluding diaryl/α,β-unsaturated/α-hetero) is 2. The quantitative estimate of drug-likeness (QED) is 0.0276. The molecule has 500 valence electrons. The maximum Gasteiger partial charge on any atom is 0.410 e. The summed E-state index contributed by atoms with van der Waals surface area (Å²) in [4.78, 5) is 101. The van der Waals surface area contributed by atoms with Gasteiger partial charge < -0.3 is 30.9 Å². The lowest BCUT2D eigenvalue weighted by Gasteiger charge is -2.36. The number of hydrogen-bond donors (Lipinski definition) is 5. The van der Waals surface area contributed by atoms with Crippen LogP contribution in [-0.2, 0) is 18.7 Å². The molecule has 10 rings (SSSR count). The van der Waals surface area contributed by atoms with Crippen LogP contribution in [0.2, 0.25) is 0 Å². The summed E-state index contributed by atoms with van der Waals surface area (Å²) in [6.45, 7) is 23.3. The highest BCUT2D eigenvalue weighted by Crippen LogP contribution is 2.42. The van der Waals surface area contributed by atoms with E-state index >= 15 is 0 Å². The number of ketones is 2. The molecule has 4 amide bonds. The molecule has 2 atom stereocenters. The van der Waals surface area contributed by atoms with Crippen molar-refractivity contribution >= 4 is 65.2 Å². The Bertz CT molecular complexity index is 4000. The van der Waals surface area contributed by atoms with Crippen molar-refractivity contribution in [3.63, 3.8) is 0 Å². The fraction of sp³-hybridized carbons (Fsp3) is 0.361. The van der Waals surface area contributed by atoms with Crippen molar-refractivity contribution in [2.24, 2.45) is 5.90 Å². The zero-order valence-corrected chi connectivity index (χ0v) is 57.0. The Morgan fingerprint density at radius 1 is 0.579 bits per heavy atom. The number of rotatable bonds is 15. The number of H-pyrrole nitrogens is 1. The fourth-order valence-corrected chi connectivity index (χ4v) is 12.6. The maximum atomic E-state index is 13.0. The van der Waals surface area contributed by atoms with E-state index in [0.29, 0.717) is 111 Å². The summed E-state index contributed by atoms with van der Waals surface area (Å²) in [6, 6.07) is 38.5. The van der Waals surface area contributed by atoms with E-state index in [2.05, 4.69) is 53.3 Å². The van der Waals surface area contributed by atoms with Crippen molar-refractivity contribution in [3.05, 3.63) is 191 Å². The zero-order valence-electron chi connectivity index (χ0n) is 56.1. The van der Waals surface area contributed by atoms with Crippen molar-refractivity contribution < 1.29 is 47.4 Å². The maximum absolute atomic E-state index is 13.0. The number of nitrogen functional groups attached to an aromatic ring is 1. The minimum absolute atomic E-state index is 0.165. The van der Waals surface area contributed by atoms with Gasteiger partial charge in [-0.05, 0) is 176 Å². The molecule has 2 aliphatic rings. The predicted molar refractivity (Wildman–Crippen MR) is 368 cm³/mol. The Kier molecular flexibility index (Phi) is 23.3. The molecule has 0 bridgehead atoms. The SMILES string of the molecule is CC(=O)c1[nH]c([C@@H]2CCCCN2C(=O)OC(C)(C)C)nc1-c1ccc(C(=O)Nc2cc(C(C)C)ccn2)cc1.CC(=O)c1c(-c2ccc(C(=O)Nc3cc(C(C)C)ccn3)cc2)nc([C@@H]2CCCCN2C(=O)OC(C)(C)C)n1N.NOP(=O)(c1ccccc1)c1ccccc1. The number of carbonyl (C=O) groups excluding carboxylic acids is 6. The molecule has 6 heterocycles. The highest BCUT2D eigenvalue weighted by molar-refractivity contribution is 7.74. The molecule has 0 saturated carbocycles. The standard InChI is InChI=1S/C30H38N6O4.C30H37N5O4.C12H12NO2P/c1-18(2)22-14-15-32-24(17-22)33-28(38)21-12-10-20(11-13-21)25-26(19(3)37)36(31)27(34-25)23-9-7-8-16-35(23)29(39)40-30(4,5)6;1-18(2)22-14-15-31-24(17-22)32-28(37)21-12-10-20(11-13-21)26-25(19(3)36)33-27(34-26)23-9-7-8-16-35(23)29(38)39-30(4,5)6;13-15-16(14,11-7-3-1-4-8-11)12-9-5-2-6-10-12/h10-15,17-18,23H,7-9,16,31H2,1-6H3,(H,32,33,38);10-15,17-18,23H,7-9,16H2,1-6H3,(H,33,34)(H,31,32,37);1-10H,13H2/t2*23-;/m00./s1. The van der Waals surface area contributed by atoms with E-state index in [4.69, 9.17) is 35.8 Å². The van der Waals surface area contributed by atoms with Crippen LogP contribution in [0.1, 0.15) is 210 Å². The predicted octanol–water partition coefficient (Wildman–Crippen LogP) is 14.0. The number of ether oxygens (including phenoxy) is 2. The molecule has 23 heteroatoms. The van der Waals surface area contributed by atoms with E-state index in [1.807, 2.05) is 102 Å². The monoisotopic (exact) mass is 1310 g/mol. The number of aromatic nitrogens is 6. The average molecular weight is 1310 g/mol. The normalized spacial score (nSPS) is 15.0. The van der Waals surface area contributed by atoms with Crippen LogP contribution in [0.3, 0.4) is 0 Å². The first-order valence-corrected chi connectivity index (χ1v) is 33.5. The third-order valence-electron chi connectivity index (χ3n) is 15.8. The summed E-state index contributed by atoms with van der Waals surface area (Å²) in [5, 5.41) is 6.88. The molecule has 7 N–H and O–H groups in total. The highest BCUT2D eigenvalue weighted by Gasteiger charge is 2.38. The summed E-state index contributed by atoms with van der Waals surface area (Å²) in [5.41, 5.74) is 4.61. The summed E-state index contributed by atoms with van der Waals surface area (Å²) < 4.78 is 30.0. The Balaban J connectivity index is 0.000000198. The average Bonchev–Trinajstić information content (AvgIpc) is 1.61. The Morgan fingerprint density at radius 3 is 1.42 bits per heavy atom. The number of hydrogen-bond acceptors (Lipinski definition) is 16. The van der Waals surface area contributed by atoms with E-state index in [0.717, 1.165) is 36.8 Å². The third kappa shape index (κ3) is 18.2. The summed E-state index contributed by atoms with van der Waals surface area (Å²) >= 11 is 0. The highest BCUT2D eigenvalue weighted by atomic mass is 31.2. The molecule has 0 spiro atoms. The second kappa shape index (κ2) is 31.1. The first-order chi connectivity index (χ1) is 45.0. The van der Waals surface area contributed by atoms with E-state index in [1.165, 1.54) is 18.5 Å². The molecular formula is C72H87N12O10P. The number of carbonyl (C=O) groups is 6. The van der Waals surface area contributed by atoms with Gasteiger partial charge in [-0.3, -0.25) is 33.5 Å². The zero-order chi connectivity index (χ0) is 68.9. The number of imidazole rings is 2. The Morgan fingerprint density at radius 2 is 1.01 bits per heavy atom. The van der Waals surface area contributed by atoms with Crippen LogP contribution in [0, 0.1) is 0 Å². The number of likely N-dealkylation sites (tertiary alicyclic amines) is 2. The van der Waals surface area contributed by atoms with Crippen molar-refractivity contribution in [1.29, 1.82) is 0 Å². The van der Waals surface area contributed by atoms with Crippen LogP contribution in [-0.4, -0.2) is 99.3 Å². The molecule has 0 aliphatic carbocycles. The van der Waals surface area contributed by atoms with Crippen LogP contribution in [0.4, 0.5) is 21.2 Å². The minimum atomic E-state index is -3.13. The second-order valence-corrected chi connectivity index (χ2v) is 28.4. The smallest absolute Gasteiger partial charge is 0.410 e. The van der Waals surface area contributed by atoms with E-state index in [9.17, 15) is 33.3 Å². The number of pyridine rings is 2. The van der Waals surface area contributed by atoms with Crippen molar-refractivity contribution in [1.82, 2.24) is 39.4 Å². The minimum Gasteiger partial charge on any atom is -0.444 e. The number of nitrogens with zero attached hydrogens (tertiary/aromatic N) is 7. The lowest BCUT2D eigenvalue weighted by molar-refractivity contribution is 0.00739. The third-order valence-corrected chi connectivity index (χ3v) is 18.0. The van der Waals surface area contributed by atoms with Gasteiger partial charge in [0, 0.05) is 72.2 Å². The lowest BCUT2D eigenvalue weighted by atomic mass is 10.0. The van der Waals surface area contributed by atoms with E-state index < -0.39 is 36.8 Å². The van der Waals surface area contributed by atoms with Crippen LogP contribution in [0.25, 0.3) is 22.5 Å². The van der Waals surface area contributed by atoms with Crippen molar-refractivity contribution in [2.45, 2.75) is 157 Å². The van der Waals surface area contributed by atoms with Crippen LogP contribution in [0.5, 0.6) is 0 Å². The van der Waals surface area contributed by atoms with E-state index in [-0.39, 0.29) is 35.1 Å². The summed E-state index contributed by atoms with van der Waals surface area (Å²) in [5.74, 6) is 13.2. The molecule has 22 nitrogen and oxygen atoms in total. The topological polar surface area (TPSA) is 302 Å². The number of aromatic amines is 1. The largest absolute Gasteiger partial charge is 0.444 e. The molecule has 2 saturated heterocycles. The molecule has 0 unspecified atom stereocenters. The molecule has 95 heavy (non-hydrogen) atoms. The van der Waals surface area contributed by atoms with Gasteiger partial charge in [-0.15, -0.1) is 0 Å². The first-order valence-electron chi connectivity index (χ1n) is 31.9. The molecule has 0 radical (unpaired) electrons. The van der Waals surface area contributed by atoms with Gasteiger partial charge in [0.15, 0.2) is 17.4 Å². The molecule has 4 aromatic heterocycles. The molecule has 2 fully saturated rings. The van der Waals surface area contributed by atoms with Crippen molar-refractivity contribution in [3.8, 4) is 22.5 Å². The van der Waals surface area contributed by atoms with Crippen LogP contribution >= 0.6 is 7.37 Å². The number of piperidine rings is 2. The van der Waals surface area contributed by atoms with Gasteiger partial charge in [0.2, 0.25) is 0 Å². The molecule has 2 aliphatic heterocycles. The second-order valence-electron chi connectivity index (χ2n) is 26.0. The van der Waals surface area contributed by atoms with Gasteiger partial charge in [0.05, 0.1) is 17.8 Å². The number of anilines is 2. The Hall–Kier alpha value is -9.63. The van der Waals surface area contributed by atoms with Crippen molar-refractivity contribution in [2.75, 3.05) is 29.6 Å². The molecular weight excluding hydrogens is 1220 g/mol. The number of amides is 4. The summed E-state index contributed by atoms with van der Waals surface area (Å²) in [7, 11) is -3.13. The summed E-state index contributed by atoms with van der Waals surface area (Å²) in [6.07, 6.45) is 7.45. The van der Waals surface area contributed by atoms with Gasteiger partial charge in [-0.2, -0.15) is 0 Å². The Labute approximate surface area is 555 Å². The molecule has 4 aromatic carbocycles. The number of benzene rings is 4. The number of nitrogens with one attached hydrogen (secondary N) is 3. The first kappa shape index (κ1) is 71.2. The van der Waals surface area contributed by atoms with Gasteiger partial charge in [-0.25, -0.2) is 44.7 Å². The number of nitrogens with two attached hydrogens (primary N) is 2. The van der Waals surface area contributed by atoms with Gasteiger partial charge in [0.1, 0.15) is 45.7 Å². The van der Waals surface area contributed by atoms with Gasteiger partial charge in [-0.1, -0.05) is 88.4 Å². The molecule has 8 aromatic rings. The van der Waals surface area contributed by atoms with Crippen LogP contribution in [0.15, 0.2) is 146 Å². The lowest BCUT2D eigenvalue weighted by Crippen LogP contribution is -2.43.